The number of carboxylic acid groups (broad SMARTS) is 1. The van der Waals surface area contributed by atoms with E-state index in [2.05, 4.69) is 24.3 Å². The lowest BCUT2D eigenvalue weighted by atomic mass is 9.81. The zero-order valence-corrected chi connectivity index (χ0v) is 15.4. The van der Waals surface area contributed by atoms with E-state index in [1.807, 2.05) is 24.3 Å². The SMILES string of the molecule is CC1(C(=O)O)CCN(C(=O)OCC2c3ccccc3-c3ccccc32)CC1. The molecule has 1 heterocycles. The van der Waals surface area contributed by atoms with Crippen LogP contribution in [-0.2, 0) is 9.53 Å². The standard InChI is InChI=1S/C22H23NO4/c1-22(20(24)25)10-12-23(13-11-22)21(26)27-14-19-17-8-4-2-6-15(17)16-7-3-5-9-18(16)19/h2-9,19H,10-14H2,1H3,(H,24,25). The van der Waals surface area contributed by atoms with Gasteiger partial charge in [-0.3, -0.25) is 4.79 Å². The third-order valence-electron chi connectivity index (χ3n) is 5.98. The van der Waals surface area contributed by atoms with E-state index in [4.69, 9.17) is 4.74 Å². The average molecular weight is 365 g/mol. The number of carboxylic acids is 1. The number of nitrogens with zero attached hydrogens (tertiary/aromatic N) is 1. The van der Waals surface area contributed by atoms with E-state index >= 15 is 0 Å². The van der Waals surface area contributed by atoms with E-state index in [0.29, 0.717) is 32.5 Å². The summed E-state index contributed by atoms with van der Waals surface area (Å²) in [7, 11) is 0. The number of fused-ring (bicyclic) bond motifs is 3. The van der Waals surface area contributed by atoms with Crippen molar-refractivity contribution in [3.05, 3.63) is 59.7 Å². The fraction of sp³-hybridized carbons (Fsp3) is 0.364. The van der Waals surface area contributed by atoms with Crippen LogP contribution in [0.25, 0.3) is 11.1 Å². The summed E-state index contributed by atoms with van der Waals surface area (Å²) in [6, 6.07) is 16.5. The molecule has 5 heteroatoms. The lowest BCUT2D eigenvalue weighted by Crippen LogP contribution is -2.45. The molecule has 1 aliphatic carbocycles. The van der Waals surface area contributed by atoms with Crippen LogP contribution in [0.2, 0.25) is 0 Å². The van der Waals surface area contributed by atoms with Crippen molar-refractivity contribution in [1.29, 1.82) is 0 Å². The van der Waals surface area contributed by atoms with Crippen LogP contribution >= 0.6 is 0 Å². The van der Waals surface area contributed by atoms with Crippen LogP contribution in [0.3, 0.4) is 0 Å². The molecular formula is C22H23NO4. The van der Waals surface area contributed by atoms with Gasteiger partial charge in [-0.2, -0.15) is 0 Å². The first kappa shape index (κ1) is 17.6. The number of likely N-dealkylation sites (tertiary alicyclic amines) is 1. The lowest BCUT2D eigenvalue weighted by Gasteiger charge is -2.35. The number of piperidine rings is 1. The van der Waals surface area contributed by atoms with E-state index in [0.717, 1.165) is 0 Å². The summed E-state index contributed by atoms with van der Waals surface area (Å²) in [6.45, 7) is 2.86. The molecule has 2 aromatic rings. The van der Waals surface area contributed by atoms with Gasteiger partial charge in [0.2, 0.25) is 0 Å². The van der Waals surface area contributed by atoms with Gasteiger partial charge in [-0.05, 0) is 42.0 Å². The van der Waals surface area contributed by atoms with Crippen molar-refractivity contribution in [2.75, 3.05) is 19.7 Å². The Morgan fingerprint density at radius 3 is 2.07 bits per heavy atom. The molecule has 1 fully saturated rings. The summed E-state index contributed by atoms with van der Waals surface area (Å²) in [4.78, 5) is 25.5. The summed E-state index contributed by atoms with van der Waals surface area (Å²) in [5.41, 5.74) is 4.01. The van der Waals surface area contributed by atoms with Crippen LogP contribution < -0.4 is 0 Å². The molecule has 0 radical (unpaired) electrons. The van der Waals surface area contributed by atoms with Crippen molar-refractivity contribution in [3.63, 3.8) is 0 Å². The fourth-order valence-corrected chi connectivity index (χ4v) is 4.08. The summed E-state index contributed by atoms with van der Waals surface area (Å²) in [6.07, 6.45) is 0.545. The van der Waals surface area contributed by atoms with Crippen molar-refractivity contribution >= 4 is 12.1 Å². The number of amides is 1. The second kappa shape index (κ2) is 6.72. The van der Waals surface area contributed by atoms with Gasteiger partial charge in [0.05, 0.1) is 5.41 Å². The Kier molecular flexibility index (Phi) is 4.38. The van der Waals surface area contributed by atoms with Crippen LogP contribution in [0.5, 0.6) is 0 Å². The molecule has 1 amide bonds. The van der Waals surface area contributed by atoms with Crippen molar-refractivity contribution in [2.24, 2.45) is 5.41 Å². The van der Waals surface area contributed by atoms with Crippen molar-refractivity contribution in [1.82, 2.24) is 4.90 Å². The molecule has 27 heavy (non-hydrogen) atoms. The van der Waals surface area contributed by atoms with Gasteiger partial charge in [-0.1, -0.05) is 48.5 Å². The first-order valence-electron chi connectivity index (χ1n) is 9.33. The summed E-state index contributed by atoms with van der Waals surface area (Å²) >= 11 is 0. The van der Waals surface area contributed by atoms with Crippen LogP contribution in [-0.4, -0.2) is 41.8 Å². The summed E-state index contributed by atoms with van der Waals surface area (Å²) in [5.74, 6) is -0.759. The monoisotopic (exact) mass is 365 g/mol. The van der Waals surface area contributed by atoms with Gasteiger partial charge in [-0.25, -0.2) is 4.79 Å². The average Bonchev–Trinajstić information content (AvgIpc) is 3.00. The molecule has 0 saturated carbocycles. The molecule has 5 nitrogen and oxygen atoms in total. The number of ether oxygens (including phenoxy) is 1. The van der Waals surface area contributed by atoms with Crippen LogP contribution in [0.1, 0.15) is 36.8 Å². The van der Waals surface area contributed by atoms with Crippen LogP contribution in [0, 0.1) is 5.41 Å². The predicted molar refractivity (Wildman–Crippen MR) is 102 cm³/mol. The molecule has 0 aromatic heterocycles. The van der Waals surface area contributed by atoms with E-state index in [1.54, 1.807) is 11.8 Å². The van der Waals surface area contributed by atoms with Crippen molar-refractivity contribution in [2.45, 2.75) is 25.7 Å². The number of benzene rings is 2. The maximum atomic E-state index is 12.5. The third kappa shape index (κ3) is 3.07. The second-order valence-electron chi connectivity index (χ2n) is 7.66. The number of hydrogen-bond donors (Lipinski definition) is 1. The molecular weight excluding hydrogens is 342 g/mol. The largest absolute Gasteiger partial charge is 0.481 e. The van der Waals surface area contributed by atoms with Crippen molar-refractivity contribution in [3.8, 4) is 11.1 Å². The molecule has 2 aliphatic rings. The first-order valence-corrected chi connectivity index (χ1v) is 9.33. The number of carbonyl (C=O) groups excluding carboxylic acids is 1. The Morgan fingerprint density at radius 2 is 1.56 bits per heavy atom. The van der Waals surface area contributed by atoms with Gasteiger partial charge in [-0.15, -0.1) is 0 Å². The number of hydrogen-bond acceptors (Lipinski definition) is 3. The Morgan fingerprint density at radius 1 is 1.04 bits per heavy atom. The minimum Gasteiger partial charge on any atom is -0.481 e. The number of carbonyl (C=O) groups is 2. The number of rotatable bonds is 3. The van der Waals surface area contributed by atoms with Crippen molar-refractivity contribution < 1.29 is 19.4 Å². The molecule has 1 saturated heterocycles. The molecule has 4 rings (SSSR count). The molecule has 2 aromatic carbocycles. The first-order chi connectivity index (χ1) is 13.0. The molecule has 0 spiro atoms. The zero-order valence-electron chi connectivity index (χ0n) is 15.4. The highest BCUT2D eigenvalue weighted by molar-refractivity contribution is 5.79. The fourth-order valence-electron chi connectivity index (χ4n) is 4.08. The Bertz CT molecular complexity index is 838. The van der Waals surface area contributed by atoms with Crippen LogP contribution in [0.15, 0.2) is 48.5 Å². The Balaban J connectivity index is 1.44. The molecule has 0 bridgehead atoms. The normalized spacial score (nSPS) is 17.9. The van der Waals surface area contributed by atoms with Gasteiger partial charge in [0, 0.05) is 19.0 Å². The highest BCUT2D eigenvalue weighted by Crippen LogP contribution is 2.44. The maximum Gasteiger partial charge on any atom is 0.409 e. The smallest absolute Gasteiger partial charge is 0.409 e. The van der Waals surface area contributed by atoms with E-state index < -0.39 is 11.4 Å². The second-order valence-corrected chi connectivity index (χ2v) is 7.66. The predicted octanol–water partition coefficient (Wildman–Crippen LogP) is 4.12. The highest BCUT2D eigenvalue weighted by atomic mass is 16.6. The molecule has 1 aliphatic heterocycles. The molecule has 0 unspecified atom stereocenters. The topological polar surface area (TPSA) is 66.8 Å². The van der Waals surface area contributed by atoms with E-state index in [1.165, 1.54) is 22.3 Å². The minimum absolute atomic E-state index is 0.0374. The molecule has 1 N–H and O–H groups in total. The highest BCUT2D eigenvalue weighted by Gasteiger charge is 2.38. The maximum absolute atomic E-state index is 12.5. The van der Waals surface area contributed by atoms with E-state index in [-0.39, 0.29) is 12.0 Å². The third-order valence-corrected chi connectivity index (χ3v) is 5.98. The van der Waals surface area contributed by atoms with Gasteiger partial charge in [0.15, 0.2) is 0 Å². The lowest BCUT2D eigenvalue weighted by molar-refractivity contribution is -0.150. The van der Waals surface area contributed by atoms with Gasteiger partial charge in [0.25, 0.3) is 0 Å². The Hall–Kier alpha value is -2.82. The minimum atomic E-state index is -0.797. The summed E-state index contributed by atoms with van der Waals surface area (Å²) < 4.78 is 5.65. The van der Waals surface area contributed by atoms with E-state index in [9.17, 15) is 14.7 Å². The van der Waals surface area contributed by atoms with Gasteiger partial charge in [0.1, 0.15) is 6.61 Å². The Labute approximate surface area is 158 Å². The van der Waals surface area contributed by atoms with Gasteiger partial charge >= 0.3 is 12.1 Å². The van der Waals surface area contributed by atoms with Crippen LogP contribution in [0.4, 0.5) is 4.79 Å². The number of aliphatic carboxylic acids is 1. The summed E-state index contributed by atoms with van der Waals surface area (Å²) in [5, 5.41) is 9.32. The zero-order chi connectivity index (χ0) is 19.0. The molecule has 140 valence electrons. The van der Waals surface area contributed by atoms with Gasteiger partial charge < -0.3 is 14.7 Å². The molecule has 0 atom stereocenters. The quantitative estimate of drug-likeness (QED) is 0.888.